The molecule has 0 radical (unpaired) electrons. The Morgan fingerprint density at radius 1 is 0.310 bits per heavy atom. The number of hydrogen-bond donors (Lipinski definition) is 0. The second-order valence-electron chi connectivity index (χ2n) is 14.1. The summed E-state index contributed by atoms with van der Waals surface area (Å²) in [4.78, 5) is 22.3. The van der Waals surface area contributed by atoms with E-state index in [1.165, 1.54) is 9.79 Å². The second-order valence-corrected chi connectivity index (χ2v) is 15.2. The largest absolute Gasteiger partial charge is 0.453 e. The molecule has 58 heavy (non-hydrogen) atoms. The van der Waals surface area contributed by atoms with E-state index in [-0.39, 0.29) is 0 Å². The standard InChI is InChI=1S/C51H33N5OS/c1-2-12-34(13-3-1)35-22-24-36(25-23-35)49-52-50(37-26-30-39(31-27-37)55-41-14-4-8-18-45(41)57-46-19-9-5-15-42(46)55)54-51(53-49)38-28-32-40(33-29-38)56-43-16-6-10-20-47(43)58-48-21-11-7-17-44(48)56/h1-33H. The third kappa shape index (κ3) is 6.05. The van der Waals surface area contributed by atoms with Crippen molar-refractivity contribution in [2.24, 2.45) is 0 Å². The highest BCUT2D eigenvalue weighted by atomic mass is 32.2. The van der Waals surface area contributed by atoms with Gasteiger partial charge >= 0.3 is 0 Å². The van der Waals surface area contributed by atoms with Crippen molar-refractivity contribution in [2.45, 2.75) is 9.79 Å². The van der Waals surface area contributed by atoms with E-state index in [4.69, 9.17) is 19.7 Å². The number of benzene rings is 8. The van der Waals surface area contributed by atoms with Crippen LogP contribution in [-0.4, -0.2) is 15.0 Å². The number of aromatic nitrogens is 3. The van der Waals surface area contributed by atoms with Crippen LogP contribution < -0.4 is 14.5 Å². The van der Waals surface area contributed by atoms with Crippen LogP contribution in [-0.2, 0) is 0 Å². The molecule has 0 atom stereocenters. The lowest BCUT2D eigenvalue weighted by atomic mass is 10.0. The van der Waals surface area contributed by atoms with Gasteiger partial charge in [0.25, 0.3) is 0 Å². The van der Waals surface area contributed by atoms with Gasteiger partial charge in [0.2, 0.25) is 0 Å². The van der Waals surface area contributed by atoms with E-state index >= 15 is 0 Å². The topological polar surface area (TPSA) is 54.4 Å². The summed E-state index contributed by atoms with van der Waals surface area (Å²) in [6, 6.07) is 69.1. The predicted molar refractivity (Wildman–Crippen MR) is 235 cm³/mol. The summed E-state index contributed by atoms with van der Waals surface area (Å²) >= 11 is 1.81. The molecule has 0 fully saturated rings. The lowest BCUT2D eigenvalue weighted by molar-refractivity contribution is 0.477. The molecule has 0 saturated heterocycles. The average molecular weight is 764 g/mol. The van der Waals surface area contributed by atoms with Gasteiger partial charge in [-0.05, 0) is 108 Å². The van der Waals surface area contributed by atoms with E-state index < -0.39 is 0 Å². The van der Waals surface area contributed by atoms with Crippen molar-refractivity contribution in [3.63, 3.8) is 0 Å². The van der Waals surface area contributed by atoms with Gasteiger partial charge in [-0.15, -0.1) is 0 Å². The molecule has 3 heterocycles. The minimum Gasteiger partial charge on any atom is -0.453 e. The maximum absolute atomic E-state index is 6.27. The molecule has 6 nitrogen and oxygen atoms in total. The summed E-state index contributed by atoms with van der Waals surface area (Å²) in [6.07, 6.45) is 0. The highest BCUT2D eigenvalue weighted by Gasteiger charge is 2.26. The number of fused-ring (bicyclic) bond motifs is 4. The minimum absolute atomic E-state index is 0.599. The van der Waals surface area contributed by atoms with E-state index in [1.54, 1.807) is 11.8 Å². The minimum atomic E-state index is 0.599. The summed E-state index contributed by atoms with van der Waals surface area (Å²) in [5.41, 5.74) is 11.4. The highest BCUT2D eigenvalue weighted by Crippen LogP contribution is 2.52. The Morgan fingerprint density at radius 3 is 1.14 bits per heavy atom. The number of ether oxygens (including phenoxy) is 1. The fraction of sp³-hybridized carbons (Fsp3) is 0. The molecule has 7 heteroatoms. The molecule has 1 aromatic heterocycles. The molecule has 9 aromatic rings. The fourth-order valence-corrected chi connectivity index (χ4v) is 8.75. The van der Waals surface area contributed by atoms with Gasteiger partial charge in [0, 0.05) is 37.9 Å². The molecule has 0 saturated carbocycles. The van der Waals surface area contributed by atoms with Crippen LogP contribution in [0.1, 0.15) is 0 Å². The number of para-hydroxylation sites is 6. The van der Waals surface area contributed by atoms with Crippen molar-refractivity contribution in [1.82, 2.24) is 15.0 Å². The van der Waals surface area contributed by atoms with Crippen LogP contribution in [0.5, 0.6) is 11.5 Å². The van der Waals surface area contributed by atoms with Crippen molar-refractivity contribution >= 4 is 45.9 Å². The maximum atomic E-state index is 6.27. The van der Waals surface area contributed by atoms with Crippen molar-refractivity contribution in [2.75, 3.05) is 9.80 Å². The van der Waals surface area contributed by atoms with Crippen LogP contribution in [0.3, 0.4) is 0 Å². The zero-order chi connectivity index (χ0) is 38.4. The zero-order valence-electron chi connectivity index (χ0n) is 31.1. The van der Waals surface area contributed by atoms with Crippen LogP contribution >= 0.6 is 11.8 Å². The van der Waals surface area contributed by atoms with Crippen LogP contribution in [0, 0.1) is 0 Å². The van der Waals surface area contributed by atoms with E-state index in [0.717, 1.165) is 73.4 Å². The van der Waals surface area contributed by atoms with Gasteiger partial charge in [0.15, 0.2) is 29.0 Å². The second kappa shape index (κ2) is 14.2. The quantitative estimate of drug-likeness (QED) is 0.167. The van der Waals surface area contributed by atoms with E-state index in [1.807, 2.05) is 42.5 Å². The first-order valence-electron chi connectivity index (χ1n) is 19.2. The maximum Gasteiger partial charge on any atom is 0.164 e. The number of rotatable bonds is 6. The van der Waals surface area contributed by atoms with Crippen LogP contribution in [0.4, 0.5) is 34.1 Å². The number of hydrogen-bond acceptors (Lipinski definition) is 7. The number of anilines is 6. The monoisotopic (exact) mass is 763 g/mol. The van der Waals surface area contributed by atoms with Crippen molar-refractivity contribution in [3.05, 3.63) is 200 Å². The summed E-state index contributed by atoms with van der Waals surface area (Å²) in [7, 11) is 0. The molecular formula is C51H33N5OS. The molecule has 0 aliphatic carbocycles. The smallest absolute Gasteiger partial charge is 0.164 e. The Morgan fingerprint density at radius 2 is 0.655 bits per heavy atom. The van der Waals surface area contributed by atoms with Gasteiger partial charge in [-0.3, -0.25) is 0 Å². The van der Waals surface area contributed by atoms with Crippen molar-refractivity contribution in [1.29, 1.82) is 0 Å². The molecule has 8 aromatic carbocycles. The molecule has 0 bridgehead atoms. The van der Waals surface area contributed by atoms with Crippen LogP contribution in [0.2, 0.25) is 0 Å². The molecule has 0 unspecified atom stereocenters. The molecule has 0 amide bonds. The molecule has 11 rings (SSSR count). The molecule has 0 N–H and O–H groups in total. The number of nitrogens with zero attached hydrogens (tertiary/aromatic N) is 5. The van der Waals surface area contributed by atoms with E-state index in [2.05, 4.69) is 168 Å². The molecule has 0 spiro atoms. The summed E-state index contributed by atoms with van der Waals surface area (Å²) in [6.45, 7) is 0. The van der Waals surface area contributed by atoms with E-state index in [0.29, 0.717) is 17.5 Å². The lowest BCUT2D eigenvalue weighted by Gasteiger charge is -2.32. The summed E-state index contributed by atoms with van der Waals surface area (Å²) in [5, 5.41) is 0. The lowest BCUT2D eigenvalue weighted by Crippen LogP contribution is -2.15. The zero-order valence-corrected chi connectivity index (χ0v) is 31.9. The third-order valence-corrected chi connectivity index (χ3v) is 11.6. The van der Waals surface area contributed by atoms with E-state index in [9.17, 15) is 0 Å². The van der Waals surface area contributed by atoms with Gasteiger partial charge in [-0.25, -0.2) is 15.0 Å². The molecule has 2 aliphatic rings. The van der Waals surface area contributed by atoms with Gasteiger partial charge in [-0.2, -0.15) is 0 Å². The molecule has 274 valence electrons. The third-order valence-electron chi connectivity index (χ3n) is 10.5. The average Bonchev–Trinajstić information content (AvgIpc) is 3.30. The Hall–Kier alpha value is -7.48. The van der Waals surface area contributed by atoms with Crippen molar-refractivity contribution < 1.29 is 4.74 Å². The Labute approximate surface area is 340 Å². The first-order chi connectivity index (χ1) is 28.7. The molecular weight excluding hydrogens is 731 g/mol. The SMILES string of the molecule is c1ccc(-c2ccc(-c3nc(-c4ccc(N5c6ccccc6Oc6ccccc65)cc4)nc(-c4ccc(N5c6ccccc6Sc6ccccc65)cc4)n3)cc2)cc1. The first-order valence-corrected chi connectivity index (χ1v) is 20.0. The Kier molecular flexibility index (Phi) is 8.30. The summed E-state index contributed by atoms with van der Waals surface area (Å²) in [5.74, 6) is 3.44. The van der Waals surface area contributed by atoms with Crippen molar-refractivity contribution in [3.8, 4) is 56.8 Å². The highest BCUT2D eigenvalue weighted by molar-refractivity contribution is 7.99. The Bertz CT molecular complexity index is 2700. The predicted octanol–water partition coefficient (Wildman–Crippen LogP) is 14.0. The van der Waals surface area contributed by atoms with Gasteiger partial charge in [0.1, 0.15) is 0 Å². The van der Waals surface area contributed by atoms with Crippen LogP contribution in [0.15, 0.2) is 210 Å². The Balaban J connectivity index is 0.989. The van der Waals surface area contributed by atoms with Gasteiger partial charge in [-0.1, -0.05) is 115 Å². The van der Waals surface area contributed by atoms with Crippen LogP contribution in [0.25, 0.3) is 45.3 Å². The van der Waals surface area contributed by atoms with Gasteiger partial charge in [0.05, 0.1) is 22.7 Å². The normalized spacial score (nSPS) is 12.5. The summed E-state index contributed by atoms with van der Waals surface area (Å²) < 4.78 is 6.27. The van der Waals surface area contributed by atoms with Gasteiger partial charge < -0.3 is 14.5 Å². The first kappa shape index (κ1) is 33.8. The molecule has 2 aliphatic heterocycles. The fourth-order valence-electron chi connectivity index (χ4n) is 7.69.